The zero-order valence-corrected chi connectivity index (χ0v) is 15.3. The van der Waals surface area contributed by atoms with Crippen molar-refractivity contribution in [2.45, 2.75) is 45.6 Å². The molecule has 8 heteroatoms. The number of benzene rings is 1. The molecule has 2 rings (SSSR count). The van der Waals surface area contributed by atoms with Gasteiger partial charge >= 0.3 is 12.2 Å². The molecule has 1 aliphatic rings. The second-order valence-corrected chi connectivity index (χ2v) is 7.44. The van der Waals surface area contributed by atoms with Crippen molar-refractivity contribution in [3.8, 4) is 11.5 Å². The van der Waals surface area contributed by atoms with E-state index < -0.39 is 23.2 Å². The first-order valence-electron chi connectivity index (χ1n) is 7.83. The average molecular weight is 352 g/mol. The molecule has 1 aliphatic heterocycles. The van der Waals surface area contributed by atoms with Gasteiger partial charge in [0, 0.05) is 11.0 Å². The van der Waals surface area contributed by atoms with Gasteiger partial charge in [-0.1, -0.05) is 13.8 Å². The minimum atomic E-state index is -1.24. The Morgan fingerprint density at radius 2 is 1.88 bits per heavy atom. The number of anilines is 2. The summed E-state index contributed by atoms with van der Waals surface area (Å²) >= 11 is 0. The van der Waals surface area contributed by atoms with Crippen molar-refractivity contribution in [2.75, 3.05) is 24.4 Å². The van der Waals surface area contributed by atoms with Crippen LogP contribution in [0.1, 0.15) is 40.2 Å². The van der Waals surface area contributed by atoms with Gasteiger partial charge < -0.3 is 19.3 Å². The zero-order valence-electron chi connectivity index (χ0n) is 15.3. The van der Waals surface area contributed by atoms with Crippen LogP contribution in [-0.2, 0) is 10.2 Å². The smallest absolute Gasteiger partial charge is 0.412 e. The van der Waals surface area contributed by atoms with Gasteiger partial charge in [0.05, 0.1) is 25.1 Å². The lowest BCUT2D eigenvalue weighted by molar-refractivity contribution is 0.0635. The highest BCUT2D eigenvalue weighted by Crippen LogP contribution is 2.51. The van der Waals surface area contributed by atoms with E-state index in [0.717, 1.165) is 0 Å². The quantitative estimate of drug-likeness (QED) is 0.764. The van der Waals surface area contributed by atoms with Crippen molar-refractivity contribution in [3.05, 3.63) is 11.6 Å². The maximum atomic E-state index is 12.1. The first kappa shape index (κ1) is 18.7. The lowest BCUT2D eigenvalue weighted by atomic mass is 9.85. The fraction of sp³-hybridized carbons (Fsp3) is 0.529. The van der Waals surface area contributed by atoms with Crippen LogP contribution < -0.4 is 20.1 Å². The van der Waals surface area contributed by atoms with E-state index in [4.69, 9.17) is 19.3 Å². The number of fused-ring (bicyclic) bond motifs is 1. The third-order valence-electron chi connectivity index (χ3n) is 3.57. The number of carbonyl (C=O) groups excluding carboxylic acids is 1. The monoisotopic (exact) mass is 352 g/mol. The van der Waals surface area contributed by atoms with E-state index in [0.29, 0.717) is 29.4 Å². The topological polar surface area (TPSA) is 106 Å². The molecule has 0 atom stereocenters. The number of nitrogens with one attached hydrogen (secondary N) is 2. The molecule has 3 N–H and O–H groups in total. The summed E-state index contributed by atoms with van der Waals surface area (Å²) in [5.74, 6) is 0.818. The van der Waals surface area contributed by atoms with Crippen LogP contribution in [0.25, 0.3) is 0 Å². The number of carboxylic acid groups (broad SMARTS) is 1. The SMILES string of the molecule is COc1c(NC(=O)O)cc(NC(=O)OC(C)(C)C)c2c1C(C)(C)CO2. The van der Waals surface area contributed by atoms with E-state index in [2.05, 4.69) is 10.6 Å². The molecule has 0 bridgehead atoms. The Balaban J connectivity index is 2.52. The molecular weight excluding hydrogens is 328 g/mol. The Hall–Kier alpha value is -2.64. The van der Waals surface area contributed by atoms with Gasteiger partial charge in [0.25, 0.3) is 0 Å². The summed E-state index contributed by atoms with van der Waals surface area (Å²) < 4.78 is 16.4. The first-order chi connectivity index (χ1) is 11.4. The number of rotatable bonds is 3. The number of ether oxygens (including phenoxy) is 3. The molecule has 1 heterocycles. The van der Waals surface area contributed by atoms with Gasteiger partial charge in [0.15, 0.2) is 5.75 Å². The highest BCUT2D eigenvalue weighted by Gasteiger charge is 2.39. The summed E-state index contributed by atoms with van der Waals surface area (Å²) in [5.41, 5.74) is 0.147. The third kappa shape index (κ3) is 4.07. The summed E-state index contributed by atoms with van der Waals surface area (Å²) in [6.45, 7) is 9.52. The molecule has 25 heavy (non-hydrogen) atoms. The normalized spacial score (nSPS) is 15.0. The number of hydrogen-bond acceptors (Lipinski definition) is 5. The molecule has 0 saturated heterocycles. The van der Waals surface area contributed by atoms with Crippen molar-refractivity contribution in [2.24, 2.45) is 0 Å². The van der Waals surface area contributed by atoms with Gasteiger partial charge in [-0.2, -0.15) is 0 Å². The molecule has 8 nitrogen and oxygen atoms in total. The molecule has 2 amide bonds. The highest BCUT2D eigenvalue weighted by atomic mass is 16.6. The highest BCUT2D eigenvalue weighted by molar-refractivity contribution is 5.94. The fourth-order valence-electron chi connectivity index (χ4n) is 2.66. The van der Waals surface area contributed by atoms with E-state index in [-0.39, 0.29) is 5.69 Å². The lowest BCUT2D eigenvalue weighted by Gasteiger charge is -2.23. The van der Waals surface area contributed by atoms with E-state index in [1.54, 1.807) is 20.8 Å². The van der Waals surface area contributed by atoms with Crippen molar-refractivity contribution in [1.29, 1.82) is 0 Å². The van der Waals surface area contributed by atoms with Gasteiger partial charge in [0.1, 0.15) is 11.4 Å². The van der Waals surface area contributed by atoms with E-state index in [9.17, 15) is 9.59 Å². The fourth-order valence-corrected chi connectivity index (χ4v) is 2.66. The minimum absolute atomic E-state index is 0.221. The zero-order chi connectivity index (χ0) is 19.0. The Morgan fingerprint density at radius 1 is 1.24 bits per heavy atom. The third-order valence-corrected chi connectivity index (χ3v) is 3.57. The molecule has 0 aromatic heterocycles. The van der Waals surface area contributed by atoms with Crippen molar-refractivity contribution in [1.82, 2.24) is 0 Å². The molecule has 0 radical (unpaired) electrons. The van der Waals surface area contributed by atoms with E-state index in [1.165, 1.54) is 13.2 Å². The largest absolute Gasteiger partial charge is 0.494 e. The number of amides is 2. The second-order valence-electron chi connectivity index (χ2n) is 7.44. The average Bonchev–Trinajstić information content (AvgIpc) is 2.73. The van der Waals surface area contributed by atoms with Crippen LogP contribution in [0.3, 0.4) is 0 Å². The molecule has 0 fully saturated rings. The predicted octanol–water partition coefficient (Wildman–Crippen LogP) is 3.80. The summed E-state index contributed by atoms with van der Waals surface area (Å²) in [4.78, 5) is 23.2. The van der Waals surface area contributed by atoms with Gasteiger partial charge in [0.2, 0.25) is 0 Å². The Morgan fingerprint density at radius 3 is 2.40 bits per heavy atom. The molecular formula is C17H24N2O6. The van der Waals surface area contributed by atoms with Gasteiger partial charge in [-0.15, -0.1) is 0 Å². The van der Waals surface area contributed by atoms with E-state index in [1.807, 2.05) is 13.8 Å². The predicted molar refractivity (Wildman–Crippen MR) is 93.0 cm³/mol. The summed E-state index contributed by atoms with van der Waals surface area (Å²) in [6.07, 6.45) is -1.90. The molecule has 138 valence electrons. The van der Waals surface area contributed by atoms with Crippen LogP contribution in [-0.4, -0.2) is 36.6 Å². The number of methoxy groups -OCH3 is 1. The van der Waals surface area contributed by atoms with Gasteiger partial charge in [-0.3, -0.25) is 10.6 Å². The molecule has 0 aliphatic carbocycles. The van der Waals surface area contributed by atoms with Crippen molar-refractivity contribution < 1.29 is 28.9 Å². The molecule has 1 aromatic carbocycles. The number of hydrogen-bond donors (Lipinski definition) is 3. The van der Waals surface area contributed by atoms with Crippen LogP contribution in [0, 0.1) is 0 Å². The van der Waals surface area contributed by atoms with Crippen molar-refractivity contribution >= 4 is 23.6 Å². The number of carbonyl (C=O) groups is 2. The van der Waals surface area contributed by atoms with E-state index >= 15 is 0 Å². The van der Waals surface area contributed by atoms with Crippen LogP contribution in [0.5, 0.6) is 11.5 Å². The Bertz CT molecular complexity index is 706. The van der Waals surface area contributed by atoms with Gasteiger partial charge in [-0.25, -0.2) is 9.59 Å². The summed E-state index contributed by atoms with van der Waals surface area (Å²) in [6, 6.07) is 1.46. The van der Waals surface area contributed by atoms with Crippen LogP contribution in [0.15, 0.2) is 6.07 Å². The standard InChI is InChI=1S/C17H24N2O6/c1-16(2,3)25-15(22)19-10-7-9(18-14(20)21)12(23-6)11-13(10)24-8-17(11,4)5/h7,18H,8H2,1-6H3,(H,19,22)(H,20,21). The summed E-state index contributed by atoms with van der Waals surface area (Å²) in [5, 5.41) is 14.0. The molecule has 0 unspecified atom stereocenters. The maximum Gasteiger partial charge on any atom is 0.412 e. The Kier molecular flexibility index (Phi) is 4.74. The Labute approximate surface area is 146 Å². The van der Waals surface area contributed by atoms with Crippen LogP contribution >= 0.6 is 0 Å². The molecule has 0 spiro atoms. The maximum absolute atomic E-state index is 12.1. The van der Waals surface area contributed by atoms with Gasteiger partial charge in [-0.05, 0) is 26.8 Å². The van der Waals surface area contributed by atoms with Crippen molar-refractivity contribution in [3.63, 3.8) is 0 Å². The first-order valence-corrected chi connectivity index (χ1v) is 7.83. The minimum Gasteiger partial charge on any atom is -0.494 e. The molecule has 0 saturated carbocycles. The summed E-state index contributed by atoms with van der Waals surface area (Å²) in [7, 11) is 1.46. The van der Waals surface area contributed by atoms with Crippen LogP contribution in [0.2, 0.25) is 0 Å². The second kappa shape index (κ2) is 6.34. The van der Waals surface area contributed by atoms with Crippen LogP contribution in [0.4, 0.5) is 21.0 Å². The molecule has 1 aromatic rings. The lowest BCUT2D eigenvalue weighted by Crippen LogP contribution is -2.27.